The number of aliphatic carboxylic acids is 1. The number of hydrogen-bond donors (Lipinski definition) is 2. The monoisotopic (exact) mass is 360 g/mol. The normalized spacial score (nSPS) is 15.8. The molecule has 2 heterocycles. The first-order chi connectivity index (χ1) is 12.4. The maximum absolute atomic E-state index is 13.1. The van der Waals surface area contributed by atoms with Gasteiger partial charge in [0.25, 0.3) is 0 Å². The molecule has 7 nitrogen and oxygen atoms in total. The lowest BCUT2D eigenvalue weighted by Crippen LogP contribution is -2.40. The fourth-order valence-corrected chi connectivity index (χ4v) is 3.09. The quantitative estimate of drug-likeness (QED) is 0.852. The molecule has 1 aromatic heterocycles. The van der Waals surface area contributed by atoms with Crippen molar-refractivity contribution >= 4 is 17.7 Å². The number of carboxylic acid groups (broad SMARTS) is 1. The van der Waals surface area contributed by atoms with Gasteiger partial charge in [-0.15, -0.1) is 0 Å². The smallest absolute Gasteiger partial charge is 0.306 e. The predicted octanol–water partition coefficient (Wildman–Crippen LogP) is 2.05. The maximum Gasteiger partial charge on any atom is 0.306 e. The lowest BCUT2D eigenvalue weighted by molar-refractivity contribution is -0.143. The second kappa shape index (κ2) is 7.65. The summed E-state index contributed by atoms with van der Waals surface area (Å²) in [4.78, 5) is 25.3. The Balaban J connectivity index is 1.63. The summed E-state index contributed by atoms with van der Waals surface area (Å²) in [6.45, 7) is 3.17. The minimum absolute atomic E-state index is 0.193. The number of nitrogens with one attached hydrogen (secondary N) is 1. The molecule has 1 aliphatic heterocycles. The number of amides is 1. The molecule has 1 amide bonds. The highest BCUT2D eigenvalue weighted by Gasteiger charge is 2.25. The largest absolute Gasteiger partial charge is 0.481 e. The number of piperidine rings is 1. The van der Waals surface area contributed by atoms with Crippen LogP contribution in [-0.2, 0) is 9.59 Å². The number of nitrogens with zero attached hydrogens (tertiary/aromatic N) is 3. The third kappa shape index (κ3) is 4.26. The first-order valence-corrected chi connectivity index (χ1v) is 8.50. The number of carboxylic acids is 1. The Morgan fingerprint density at radius 1 is 1.27 bits per heavy atom. The van der Waals surface area contributed by atoms with Crippen LogP contribution in [0.1, 0.15) is 18.5 Å². The number of benzene rings is 1. The minimum atomic E-state index is -0.771. The standard InChI is InChI=1S/C18H21FN4O3/c1-12-10-16(23(21-12)15-4-2-14(19)3-5-15)20-17(24)11-22-8-6-13(7-9-22)18(25)26/h2-5,10,13H,6-9,11H2,1H3,(H,20,24)(H,25,26). The third-order valence-electron chi connectivity index (χ3n) is 4.47. The molecule has 0 aliphatic carbocycles. The fraction of sp³-hybridized carbons (Fsp3) is 0.389. The molecule has 1 aliphatic rings. The van der Waals surface area contributed by atoms with E-state index in [-0.39, 0.29) is 24.2 Å². The highest BCUT2D eigenvalue weighted by Crippen LogP contribution is 2.19. The van der Waals surface area contributed by atoms with Gasteiger partial charge in [-0.1, -0.05) is 0 Å². The SMILES string of the molecule is Cc1cc(NC(=O)CN2CCC(C(=O)O)CC2)n(-c2ccc(F)cc2)n1. The van der Waals surface area contributed by atoms with Crippen molar-refractivity contribution in [3.05, 3.63) is 41.8 Å². The third-order valence-corrected chi connectivity index (χ3v) is 4.47. The summed E-state index contributed by atoms with van der Waals surface area (Å²) < 4.78 is 14.7. The number of anilines is 1. The molecule has 0 radical (unpaired) electrons. The van der Waals surface area contributed by atoms with Crippen LogP contribution in [0.2, 0.25) is 0 Å². The molecule has 0 atom stereocenters. The van der Waals surface area contributed by atoms with Crippen LogP contribution in [0.5, 0.6) is 0 Å². The molecule has 2 N–H and O–H groups in total. The number of halogens is 1. The summed E-state index contributed by atoms with van der Waals surface area (Å²) in [6, 6.07) is 7.61. The molecule has 3 rings (SSSR count). The van der Waals surface area contributed by atoms with Gasteiger partial charge in [-0.2, -0.15) is 5.10 Å². The van der Waals surface area contributed by atoms with Gasteiger partial charge in [-0.25, -0.2) is 9.07 Å². The van der Waals surface area contributed by atoms with Gasteiger partial charge in [0.1, 0.15) is 11.6 Å². The van der Waals surface area contributed by atoms with Crippen molar-refractivity contribution in [2.45, 2.75) is 19.8 Å². The molecule has 0 spiro atoms. The zero-order valence-electron chi connectivity index (χ0n) is 14.5. The fourth-order valence-electron chi connectivity index (χ4n) is 3.09. The molecule has 0 saturated carbocycles. The Morgan fingerprint density at radius 2 is 1.92 bits per heavy atom. The van der Waals surface area contributed by atoms with Crippen molar-refractivity contribution in [1.82, 2.24) is 14.7 Å². The van der Waals surface area contributed by atoms with Crippen molar-refractivity contribution in [1.29, 1.82) is 0 Å². The molecular formula is C18H21FN4O3. The molecule has 138 valence electrons. The van der Waals surface area contributed by atoms with Crippen molar-refractivity contribution in [2.75, 3.05) is 25.0 Å². The van der Waals surface area contributed by atoms with E-state index in [4.69, 9.17) is 5.11 Å². The number of hydrogen-bond acceptors (Lipinski definition) is 4. The van der Waals surface area contributed by atoms with Crippen molar-refractivity contribution in [3.8, 4) is 5.69 Å². The number of carbonyl (C=O) groups is 2. The first-order valence-electron chi connectivity index (χ1n) is 8.50. The van der Waals surface area contributed by atoms with Gasteiger partial charge in [0.15, 0.2) is 0 Å². The van der Waals surface area contributed by atoms with Crippen LogP contribution in [0.4, 0.5) is 10.2 Å². The summed E-state index contributed by atoms with van der Waals surface area (Å²) >= 11 is 0. The predicted molar refractivity (Wildman–Crippen MR) is 93.7 cm³/mol. The molecule has 26 heavy (non-hydrogen) atoms. The van der Waals surface area contributed by atoms with Gasteiger partial charge in [-0.3, -0.25) is 14.5 Å². The van der Waals surface area contributed by atoms with E-state index in [0.717, 1.165) is 5.69 Å². The highest BCUT2D eigenvalue weighted by atomic mass is 19.1. The Bertz CT molecular complexity index is 795. The zero-order valence-corrected chi connectivity index (χ0v) is 14.5. The van der Waals surface area contributed by atoms with E-state index in [1.54, 1.807) is 22.9 Å². The summed E-state index contributed by atoms with van der Waals surface area (Å²) in [6.07, 6.45) is 1.10. The van der Waals surface area contributed by atoms with Gasteiger partial charge in [-0.05, 0) is 57.1 Å². The van der Waals surface area contributed by atoms with Crippen LogP contribution in [0.25, 0.3) is 5.69 Å². The Hall–Kier alpha value is -2.74. The van der Waals surface area contributed by atoms with Crippen LogP contribution in [0.3, 0.4) is 0 Å². The molecule has 1 saturated heterocycles. The van der Waals surface area contributed by atoms with Crippen LogP contribution >= 0.6 is 0 Å². The maximum atomic E-state index is 13.1. The number of rotatable bonds is 5. The first kappa shape index (κ1) is 18.1. The van der Waals surface area contributed by atoms with E-state index < -0.39 is 5.97 Å². The second-order valence-corrected chi connectivity index (χ2v) is 6.50. The minimum Gasteiger partial charge on any atom is -0.481 e. The topological polar surface area (TPSA) is 87.5 Å². The summed E-state index contributed by atoms with van der Waals surface area (Å²) in [5, 5.41) is 16.2. The highest BCUT2D eigenvalue weighted by molar-refractivity contribution is 5.91. The van der Waals surface area contributed by atoms with Gasteiger partial charge >= 0.3 is 5.97 Å². The average molecular weight is 360 g/mol. The van der Waals surface area contributed by atoms with Crippen molar-refractivity contribution in [2.24, 2.45) is 5.92 Å². The number of aryl methyl sites for hydroxylation is 1. The van der Waals surface area contributed by atoms with E-state index in [9.17, 15) is 14.0 Å². The van der Waals surface area contributed by atoms with E-state index in [1.165, 1.54) is 12.1 Å². The van der Waals surface area contributed by atoms with E-state index in [2.05, 4.69) is 10.4 Å². The van der Waals surface area contributed by atoms with Gasteiger partial charge in [0.2, 0.25) is 5.91 Å². The number of aromatic nitrogens is 2. The van der Waals surface area contributed by atoms with E-state index in [0.29, 0.717) is 37.4 Å². The van der Waals surface area contributed by atoms with Crippen LogP contribution in [0, 0.1) is 18.7 Å². The zero-order chi connectivity index (χ0) is 18.7. The number of likely N-dealkylation sites (tertiary alicyclic amines) is 1. The second-order valence-electron chi connectivity index (χ2n) is 6.50. The van der Waals surface area contributed by atoms with Gasteiger partial charge in [0.05, 0.1) is 23.8 Å². The molecule has 1 aromatic carbocycles. The lowest BCUT2D eigenvalue weighted by Gasteiger charge is -2.29. The van der Waals surface area contributed by atoms with E-state index >= 15 is 0 Å². The van der Waals surface area contributed by atoms with Gasteiger partial charge in [0, 0.05) is 6.07 Å². The molecular weight excluding hydrogens is 339 g/mol. The molecule has 0 unspecified atom stereocenters. The van der Waals surface area contributed by atoms with Crippen LogP contribution in [-0.4, -0.2) is 51.3 Å². The number of carbonyl (C=O) groups excluding carboxylic acids is 1. The van der Waals surface area contributed by atoms with Crippen molar-refractivity contribution in [3.63, 3.8) is 0 Å². The van der Waals surface area contributed by atoms with E-state index in [1.807, 2.05) is 11.8 Å². The van der Waals surface area contributed by atoms with Crippen molar-refractivity contribution < 1.29 is 19.1 Å². The van der Waals surface area contributed by atoms with Gasteiger partial charge < -0.3 is 10.4 Å². The lowest BCUT2D eigenvalue weighted by atomic mass is 9.97. The summed E-state index contributed by atoms with van der Waals surface area (Å²) in [5.74, 6) is -1.11. The Labute approximate surface area is 150 Å². The summed E-state index contributed by atoms with van der Waals surface area (Å²) in [7, 11) is 0. The average Bonchev–Trinajstić information content (AvgIpc) is 2.96. The Morgan fingerprint density at radius 3 is 2.54 bits per heavy atom. The molecule has 0 bridgehead atoms. The summed E-state index contributed by atoms with van der Waals surface area (Å²) in [5.41, 5.74) is 1.38. The van der Waals surface area contributed by atoms with Crippen LogP contribution in [0.15, 0.2) is 30.3 Å². The Kier molecular flexibility index (Phi) is 5.32. The van der Waals surface area contributed by atoms with Crippen LogP contribution < -0.4 is 5.32 Å². The molecule has 2 aromatic rings. The molecule has 1 fully saturated rings. The molecule has 8 heteroatoms.